The second kappa shape index (κ2) is 4.43. The molecule has 0 unspecified atom stereocenters. The number of pyridine rings is 1. The number of anilines is 1. The number of ether oxygens (including phenoxy) is 1. The second-order valence-electron chi connectivity index (χ2n) is 2.50. The zero-order valence-electron chi connectivity index (χ0n) is 7.30. The standard InChI is InChI=1S/C8H10N2O4/c9-6-3-5(8(12)13)4-10-7(6)14-2-1-11/h3-4,11H,1-2,9H2,(H,12,13). The Morgan fingerprint density at radius 1 is 1.64 bits per heavy atom. The summed E-state index contributed by atoms with van der Waals surface area (Å²) < 4.78 is 4.94. The van der Waals surface area contributed by atoms with Crippen molar-refractivity contribution in [1.82, 2.24) is 4.98 Å². The van der Waals surface area contributed by atoms with Gasteiger partial charge in [0.15, 0.2) is 0 Å². The highest BCUT2D eigenvalue weighted by molar-refractivity contribution is 5.88. The molecule has 0 aliphatic heterocycles. The quantitative estimate of drug-likeness (QED) is 0.615. The van der Waals surface area contributed by atoms with E-state index in [1.165, 1.54) is 6.07 Å². The zero-order valence-corrected chi connectivity index (χ0v) is 7.30. The summed E-state index contributed by atoms with van der Waals surface area (Å²) in [5.74, 6) is -0.970. The number of nitrogen functional groups attached to an aromatic ring is 1. The van der Waals surface area contributed by atoms with Gasteiger partial charge in [0.05, 0.1) is 17.9 Å². The first-order valence-corrected chi connectivity index (χ1v) is 3.87. The third-order valence-electron chi connectivity index (χ3n) is 1.46. The largest absolute Gasteiger partial charge is 0.478 e. The van der Waals surface area contributed by atoms with Crippen LogP contribution in [0.1, 0.15) is 10.4 Å². The number of carbonyl (C=O) groups is 1. The Labute approximate surface area is 79.9 Å². The molecule has 0 aliphatic rings. The molecule has 0 fully saturated rings. The van der Waals surface area contributed by atoms with Gasteiger partial charge in [-0.1, -0.05) is 0 Å². The monoisotopic (exact) mass is 198 g/mol. The number of carboxylic acid groups (broad SMARTS) is 1. The molecule has 0 atom stereocenters. The van der Waals surface area contributed by atoms with Crippen LogP contribution in [-0.2, 0) is 0 Å². The number of aromatic carboxylic acids is 1. The van der Waals surface area contributed by atoms with E-state index in [-0.39, 0.29) is 30.3 Å². The number of hydrogen-bond acceptors (Lipinski definition) is 5. The van der Waals surface area contributed by atoms with Crippen LogP contribution in [0.25, 0.3) is 0 Å². The molecule has 0 saturated heterocycles. The normalized spacial score (nSPS) is 9.79. The zero-order chi connectivity index (χ0) is 10.6. The van der Waals surface area contributed by atoms with Crippen LogP contribution in [0.4, 0.5) is 5.69 Å². The molecule has 0 bridgehead atoms. The summed E-state index contributed by atoms with van der Waals surface area (Å²) in [6.45, 7) is -0.0780. The van der Waals surface area contributed by atoms with Gasteiger partial charge in [0.2, 0.25) is 5.88 Å². The summed E-state index contributed by atoms with van der Waals surface area (Å²) in [4.78, 5) is 14.2. The molecule has 0 amide bonds. The van der Waals surface area contributed by atoms with Gasteiger partial charge in [-0.2, -0.15) is 0 Å². The number of carboxylic acids is 1. The van der Waals surface area contributed by atoms with Crippen LogP contribution in [0.5, 0.6) is 5.88 Å². The van der Waals surface area contributed by atoms with Crippen molar-refractivity contribution in [3.8, 4) is 5.88 Å². The van der Waals surface area contributed by atoms with E-state index in [2.05, 4.69) is 4.98 Å². The molecule has 0 aliphatic carbocycles. The van der Waals surface area contributed by atoms with Crippen molar-refractivity contribution in [1.29, 1.82) is 0 Å². The minimum absolute atomic E-state index is 0.00107. The predicted octanol–water partition coefficient (Wildman–Crippen LogP) is -0.267. The van der Waals surface area contributed by atoms with Crippen LogP contribution in [-0.4, -0.2) is 34.4 Å². The van der Waals surface area contributed by atoms with Crippen LogP contribution >= 0.6 is 0 Å². The Morgan fingerprint density at radius 2 is 2.36 bits per heavy atom. The molecule has 76 valence electrons. The number of aliphatic hydroxyl groups is 1. The lowest BCUT2D eigenvalue weighted by atomic mass is 10.2. The van der Waals surface area contributed by atoms with Crippen LogP contribution in [0, 0.1) is 0 Å². The van der Waals surface area contributed by atoms with Gasteiger partial charge in [0.1, 0.15) is 6.61 Å². The average molecular weight is 198 g/mol. The number of rotatable bonds is 4. The summed E-state index contributed by atoms with van der Waals surface area (Å²) in [5, 5.41) is 17.1. The highest BCUT2D eigenvalue weighted by Gasteiger charge is 2.07. The molecular formula is C8H10N2O4. The number of aliphatic hydroxyl groups excluding tert-OH is 1. The van der Waals surface area contributed by atoms with Crippen molar-refractivity contribution in [2.24, 2.45) is 0 Å². The van der Waals surface area contributed by atoms with Crippen LogP contribution in [0.2, 0.25) is 0 Å². The van der Waals surface area contributed by atoms with E-state index in [9.17, 15) is 4.79 Å². The van der Waals surface area contributed by atoms with Crippen molar-refractivity contribution < 1.29 is 19.7 Å². The highest BCUT2D eigenvalue weighted by Crippen LogP contribution is 2.18. The summed E-state index contributed by atoms with van der Waals surface area (Å²) in [5.41, 5.74) is 5.60. The molecule has 6 nitrogen and oxygen atoms in total. The van der Waals surface area contributed by atoms with E-state index in [4.69, 9.17) is 20.7 Å². The number of nitrogens with zero attached hydrogens (tertiary/aromatic N) is 1. The van der Waals surface area contributed by atoms with E-state index in [1.807, 2.05) is 0 Å². The van der Waals surface area contributed by atoms with Gasteiger partial charge in [0, 0.05) is 6.20 Å². The summed E-state index contributed by atoms with van der Waals surface area (Å²) in [7, 11) is 0. The maximum Gasteiger partial charge on any atom is 0.337 e. The van der Waals surface area contributed by atoms with Gasteiger partial charge >= 0.3 is 5.97 Å². The molecule has 6 heteroatoms. The topological polar surface area (TPSA) is 106 Å². The summed E-state index contributed by atoms with van der Waals surface area (Å²) in [6, 6.07) is 1.25. The smallest absolute Gasteiger partial charge is 0.337 e. The van der Waals surface area contributed by atoms with E-state index >= 15 is 0 Å². The first kappa shape index (κ1) is 10.3. The van der Waals surface area contributed by atoms with Crippen molar-refractivity contribution in [2.75, 3.05) is 18.9 Å². The fraction of sp³-hybridized carbons (Fsp3) is 0.250. The maximum absolute atomic E-state index is 10.5. The van der Waals surface area contributed by atoms with Crippen LogP contribution in [0.3, 0.4) is 0 Å². The van der Waals surface area contributed by atoms with Crippen molar-refractivity contribution >= 4 is 11.7 Å². The molecule has 0 aromatic carbocycles. The molecule has 1 rings (SSSR count). The molecule has 14 heavy (non-hydrogen) atoms. The predicted molar refractivity (Wildman–Crippen MR) is 48.2 cm³/mol. The Balaban J connectivity index is 2.84. The number of nitrogens with two attached hydrogens (primary N) is 1. The molecule has 0 saturated carbocycles. The van der Waals surface area contributed by atoms with Crippen molar-refractivity contribution in [3.05, 3.63) is 17.8 Å². The van der Waals surface area contributed by atoms with Gasteiger partial charge in [-0.15, -0.1) is 0 Å². The van der Waals surface area contributed by atoms with Gasteiger partial charge in [0.25, 0.3) is 0 Å². The molecule has 0 spiro atoms. The Hall–Kier alpha value is -1.82. The van der Waals surface area contributed by atoms with E-state index in [0.717, 1.165) is 6.20 Å². The average Bonchev–Trinajstić information content (AvgIpc) is 2.15. The van der Waals surface area contributed by atoms with Crippen molar-refractivity contribution in [3.63, 3.8) is 0 Å². The molecular weight excluding hydrogens is 188 g/mol. The van der Waals surface area contributed by atoms with Gasteiger partial charge in [-0.05, 0) is 6.07 Å². The van der Waals surface area contributed by atoms with Gasteiger partial charge in [-0.3, -0.25) is 0 Å². The Morgan fingerprint density at radius 3 is 2.86 bits per heavy atom. The summed E-state index contributed by atoms with van der Waals surface area (Å²) >= 11 is 0. The lowest BCUT2D eigenvalue weighted by Crippen LogP contribution is -2.07. The van der Waals surface area contributed by atoms with E-state index < -0.39 is 5.97 Å². The Kier molecular flexibility index (Phi) is 3.24. The Bertz CT molecular complexity index is 340. The van der Waals surface area contributed by atoms with E-state index in [0.29, 0.717) is 0 Å². The first-order chi connectivity index (χ1) is 6.65. The lowest BCUT2D eigenvalue weighted by Gasteiger charge is -2.06. The van der Waals surface area contributed by atoms with Gasteiger partial charge < -0.3 is 20.7 Å². The number of hydrogen-bond donors (Lipinski definition) is 3. The molecule has 1 aromatic rings. The van der Waals surface area contributed by atoms with Crippen LogP contribution in [0.15, 0.2) is 12.3 Å². The maximum atomic E-state index is 10.5. The molecule has 0 radical (unpaired) electrons. The number of aromatic nitrogens is 1. The fourth-order valence-electron chi connectivity index (χ4n) is 0.849. The lowest BCUT2D eigenvalue weighted by molar-refractivity contribution is 0.0696. The molecule has 4 N–H and O–H groups in total. The first-order valence-electron chi connectivity index (χ1n) is 3.87. The van der Waals surface area contributed by atoms with Gasteiger partial charge in [-0.25, -0.2) is 9.78 Å². The summed E-state index contributed by atoms with van der Waals surface area (Å²) in [6.07, 6.45) is 1.14. The fourth-order valence-corrected chi connectivity index (χ4v) is 0.849. The SMILES string of the molecule is Nc1cc(C(=O)O)cnc1OCCO. The van der Waals surface area contributed by atoms with Crippen molar-refractivity contribution in [2.45, 2.75) is 0 Å². The molecule has 1 heterocycles. The third kappa shape index (κ3) is 2.33. The minimum atomic E-state index is -1.10. The van der Waals surface area contributed by atoms with Crippen LogP contribution < -0.4 is 10.5 Å². The van der Waals surface area contributed by atoms with E-state index in [1.54, 1.807) is 0 Å². The third-order valence-corrected chi connectivity index (χ3v) is 1.46. The molecule has 1 aromatic heterocycles. The minimum Gasteiger partial charge on any atom is -0.478 e. The second-order valence-corrected chi connectivity index (χ2v) is 2.50. The highest BCUT2D eigenvalue weighted by atomic mass is 16.5.